The van der Waals surface area contributed by atoms with Gasteiger partial charge >= 0.3 is 11.6 Å². The molecule has 0 aliphatic heterocycles. The number of fused-ring (bicyclic) bond motifs is 1. The van der Waals surface area contributed by atoms with Crippen molar-refractivity contribution in [3.8, 4) is 5.75 Å². The lowest BCUT2D eigenvalue weighted by molar-refractivity contribution is 0.0497. The second kappa shape index (κ2) is 14.9. The molecule has 0 radical (unpaired) electrons. The fourth-order valence-electron chi connectivity index (χ4n) is 4.10. The molecule has 0 saturated heterocycles. The summed E-state index contributed by atoms with van der Waals surface area (Å²) in [7, 11) is 0. The van der Waals surface area contributed by atoms with Crippen LogP contribution in [0.2, 0.25) is 0 Å². The molecule has 0 amide bonds. The molecular formula is C30H37NO5. The molecule has 6 heteroatoms. The Morgan fingerprint density at radius 3 is 2.17 bits per heavy atom. The van der Waals surface area contributed by atoms with Crippen molar-refractivity contribution in [2.45, 2.75) is 77.6 Å². The first-order valence-corrected chi connectivity index (χ1v) is 13.2. The van der Waals surface area contributed by atoms with E-state index in [2.05, 4.69) is 11.9 Å². The number of hydrogen-bond donors (Lipinski definition) is 1. The topological polar surface area (TPSA) is 89.1 Å². The number of esters is 1. The van der Waals surface area contributed by atoms with Gasteiger partial charge in [0.15, 0.2) is 0 Å². The number of unbranched alkanes of at least 4 members (excludes halogenated alkanes) is 10. The van der Waals surface area contributed by atoms with E-state index in [9.17, 15) is 14.7 Å². The number of carbonyl (C=O) groups is 1. The SMILES string of the molecule is CCCCCCCCCCCCCOC(=O)c1ccc(N=Cc2c(O)c3ccccc3oc2=O)cc1. The fraction of sp³-hybridized carbons (Fsp3) is 0.433. The van der Waals surface area contributed by atoms with Gasteiger partial charge in [-0.25, -0.2) is 9.59 Å². The third-order valence-corrected chi connectivity index (χ3v) is 6.25. The highest BCUT2D eigenvalue weighted by atomic mass is 16.5. The minimum Gasteiger partial charge on any atom is -0.506 e. The van der Waals surface area contributed by atoms with E-state index in [0.29, 0.717) is 28.8 Å². The van der Waals surface area contributed by atoms with Gasteiger partial charge in [0.1, 0.15) is 16.9 Å². The summed E-state index contributed by atoms with van der Waals surface area (Å²) in [6.07, 6.45) is 15.0. The van der Waals surface area contributed by atoms with E-state index in [-0.39, 0.29) is 17.3 Å². The number of ether oxygens (including phenoxy) is 1. The van der Waals surface area contributed by atoms with E-state index < -0.39 is 5.63 Å². The summed E-state index contributed by atoms with van der Waals surface area (Å²) in [4.78, 5) is 28.7. The fourth-order valence-corrected chi connectivity index (χ4v) is 4.10. The third kappa shape index (κ3) is 8.36. The van der Waals surface area contributed by atoms with E-state index in [4.69, 9.17) is 9.15 Å². The van der Waals surface area contributed by atoms with Crippen molar-refractivity contribution in [1.82, 2.24) is 0 Å². The molecule has 0 aliphatic carbocycles. The Labute approximate surface area is 213 Å². The van der Waals surface area contributed by atoms with Gasteiger partial charge in [-0.05, 0) is 42.8 Å². The number of rotatable bonds is 15. The normalized spacial score (nSPS) is 11.4. The highest BCUT2D eigenvalue weighted by Gasteiger charge is 2.12. The maximum Gasteiger partial charge on any atom is 0.348 e. The molecule has 0 saturated carbocycles. The van der Waals surface area contributed by atoms with Crippen LogP contribution in [0, 0.1) is 0 Å². The lowest BCUT2D eigenvalue weighted by Gasteiger charge is -2.06. The van der Waals surface area contributed by atoms with E-state index >= 15 is 0 Å². The van der Waals surface area contributed by atoms with E-state index in [1.807, 2.05) is 0 Å². The molecule has 36 heavy (non-hydrogen) atoms. The summed E-state index contributed by atoms with van der Waals surface area (Å²) in [5, 5.41) is 10.9. The zero-order chi connectivity index (χ0) is 25.6. The smallest absolute Gasteiger partial charge is 0.348 e. The summed E-state index contributed by atoms with van der Waals surface area (Å²) in [5.41, 5.74) is 0.601. The van der Waals surface area contributed by atoms with Gasteiger partial charge in [0.25, 0.3) is 0 Å². The van der Waals surface area contributed by atoms with Crippen molar-refractivity contribution < 1.29 is 19.1 Å². The molecule has 3 rings (SSSR count). The summed E-state index contributed by atoms with van der Waals surface area (Å²) < 4.78 is 10.6. The number of nitrogens with zero attached hydrogens (tertiary/aromatic N) is 1. The predicted octanol–water partition coefficient (Wildman–Crippen LogP) is 7.72. The van der Waals surface area contributed by atoms with E-state index in [0.717, 1.165) is 12.8 Å². The van der Waals surface area contributed by atoms with Gasteiger partial charge in [-0.1, -0.05) is 83.3 Å². The van der Waals surface area contributed by atoms with Crippen LogP contribution >= 0.6 is 0 Å². The molecule has 0 aliphatic rings. The Kier molecular flexibility index (Phi) is 11.2. The van der Waals surface area contributed by atoms with Crippen LogP contribution in [0.15, 0.2) is 62.7 Å². The number of hydrogen-bond acceptors (Lipinski definition) is 6. The van der Waals surface area contributed by atoms with Crippen LogP contribution in [-0.2, 0) is 4.74 Å². The quantitative estimate of drug-likeness (QED) is 0.102. The van der Waals surface area contributed by atoms with Crippen molar-refractivity contribution in [2.24, 2.45) is 4.99 Å². The Morgan fingerprint density at radius 1 is 0.889 bits per heavy atom. The molecule has 0 bridgehead atoms. The van der Waals surface area contributed by atoms with Crippen molar-refractivity contribution in [3.05, 3.63) is 70.1 Å². The first-order chi connectivity index (χ1) is 17.6. The zero-order valence-electron chi connectivity index (χ0n) is 21.2. The van der Waals surface area contributed by atoms with Crippen LogP contribution in [0.5, 0.6) is 5.75 Å². The predicted molar refractivity (Wildman–Crippen MR) is 145 cm³/mol. The third-order valence-electron chi connectivity index (χ3n) is 6.25. The lowest BCUT2D eigenvalue weighted by atomic mass is 10.1. The van der Waals surface area contributed by atoms with Crippen molar-refractivity contribution in [1.29, 1.82) is 0 Å². The maximum absolute atomic E-state index is 12.3. The summed E-state index contributed by atoms with van der Waals surface area (Å²) >= 11 is 0. The van der Waals surface area contributed by atoms with E-state index in [1.165, 1.54) is 64.0 Å². The van der Waals surface area contributed by atoms with E-state index in [1.54, 1.807) is 48.5 Å². The van der Waals surface area contributed by atoms with Gasteiger partial charge in [-0.3, -0.25) is 4.99 Å². The largest absolute Gasteiger partial charge is 0.506 e. The van der Waals surface area contributed by atoms with Crippen LogP contribution in [0.4, 0.5) is 5.69 Å². The van der Waals surface area contributed by atoms with Crippen LogP contribution in [-0.4, -0.2) is 23.9 Å². The zero-order valence-corrected chi connectivity index (χ0v) is 21.2. The average molecular weight is 492 g/mol. The molecule has 192 valence electrons. The van der Waals surface area contributed by atoms with Gasteiger partial charge in [0, 0.05) is 6.21 Å². The highest BCUT2D eigenvalue weighted by molar-refractivity contribution is 5.94. The molecule has 1 N–H and O–H groups in total. The van der Waals surface area contributed by atoms with Gasteiger partial charge in [-0.2, -0.15) is 0 Å². The van der Waals surface area contributed by atoms with Crippen LogP contribution in [0.25, 0.3) is 11.0 Å². The summed E-state index contributed by atoms with van der Waals surface area (Å²) in [5.74, 6) is -0.529. The molecule has 1 aromatic heterocycles. The molecular weight excluding hydrogens is 454 g/mol. The van der Waals surface area contributed by atoms with Crippen LogP contribution < -0.4 is 5.63 Å². The van der Waals surface area contributed by atoms with Crippen molar-refractivity contribution in [3.63, 3.8) is 0 Å². The van der Waals surface area contributed by atoms with Crippen molar-refractivity contribution in [2.75, 3.05) is 6.61 Å². The van der Waals surface area contributed by atoms with Gasteiger partial charge in [0.05, 0.1) is 23.2 Å². The minimum atomic E-state index is -0.669. The number of para-hydroxylation sites is 1. The second-order valence-corrected chi connectivity index (χ2v) is 9.12. The highest BCUT2D eigenvalue weighted by Crippen LogP contribution is 2.25. The molecule has 0 atom stereocenters. The van der Waals surface area contributed by atoms with Crippen LogP contribution in [0.1, 0.15) is 93.5 Å². The minimum absolute atomic E-state index is 0.0239. The lowest BCUT2D eigenvalue weighted by Crippen LogP contribution is -2.07. The summed E-state index contributed by atoms with van der Waals surface area (Å²) in [6, 6.07) is 13.4. The molecule has 3 aromatic rings. The Hall–Kier alpha value is -3.41. The molecule has 0 spiro atoms. The van der Waals surface area contributed by atoms with Crippen LogP contribution in [0.3, 0.4) is 0 Å². The monoisotopic (exact) mass is 491 g/mol. The van der Waals surface area contributed by atoms with Crippen molar-refractivity contribution >= 4 is 28.8 Å². The Morgan fingerprint density at radius 2 is 1.50 bits per heavy atom. The second-order valence-electron chi connectivity index (χ2n) is 9.12. The molecule has 2 aromatic carbocycles. The first-order valence-electron chi connectivity index (χ1n) is 13.2. The Balaban J connectivity index is 1.38. The maximum atomic E-state index is 12.3. The average Bonchev–Trinajstić information content (AvgIpc) is 2.89. The molecule has 0 fully saturated rings. The number of aromatic hydroxyl groups is 1. The molecule has 6 nitrogen and oxygen atoms in total. The molecule has 1 heterocycles. The molecule has 0 unspecified atom stereocenters. The van der Waals surface area contributed by atoms with Gasteiger partial charge in [0.2, 0.25) is 0 Å². The standard InChI is InChI=1S/C30H37NO5/c1-2-3-4-5-6-7-8-9-10-11-14-21-35-29(33)23-17-19-24(20-18-23)31-22-26-28(32)25-15-12-13-16-27(25)36-30(26)34/h12-13,15-20,22,32H,2-11,14,21H2,1H3. The number of carbonyl (C=O) groups excluding carboxylic acids is 1. The van der Waals surface area contributed by atoms with Gasteiger partial charge < -0.3 is 14.3 Å². The van der Waals surface area contributed by atoms with Gasteiger partial charge in [-0.15, -0.1) is 0 Å². The number of benzene rings is 2. The Bertz CT molecular complexity index is 1180. The summed E-state index contributed by atoms with van der Waals surface area (Å²) in [6.45, 7) is 2.67. The number of aliphatic imine (C=N–C) groups is 1. The first kappa shape index (κ1) is 27.2.